The van der Waals surface area contributed by atoms with Crippen LogP contribution in [-0.2, 0) is 30.5 Å². The molecule has 2 saturated carbocycles. The Morgan fingerprint density at radius 3 is 2.03 bits per heavy atom. The zero-order valence-electron chi connectivity index (χ0n) is 44.4. The van der Waals surface area contributed by atoms with Gasteiger partial charge in [0, 0.05) is 43.5 Å². The van der Waals surface area contributed by atoms with Crippen LogP contribution in [0.2, 0.25) is 0 Å². The number of fused-ring (bicyclic) bond motifs is 4. The van der Waals surface area contributed by atoms with Gasteiger partial charge in [0.05, 0.1) is 69.1 Å². The number of methoxy groups -OCH3 is 2. The molecule has 2 saturated heterocycles. The lowest BCUT2D eigenvalue weighted by molar-refractivity contribution is -0.132. The number of nitrogens with two attached hydrogens (primary N) is 1. The number of rotatable bonds is 21. The second kappa shape index (κ2) is 22.7. The average molecular weight is 1070 g/mol. The summed E-state index contributed by atoms with van der Waals surface area (Å²) in [5, 5.41) is 25.8. The monoisotopic (exact) mass is 1070 g/mol. The molecule has 0 aromatic heterocycles. The van der Waals surface area contributed by atoms with Gasteiger partial charge in [-0.25, -0.2) is 9.69 Å². The van der Waals surface area contributed by atoms with Crippen LogP contribution >= 0.6 is 0 Å². The standard InChI is InChI=1S/C55H71N9O13/c1-31(2)47(61-46(66)27-58-45(65)25-56)49(68)59-32(3)48(67)60-34-11-9-33(10-12-34)28-77-53(72)64-39-22-44(42(74-5)20-37(39)51(70)63-30-55(15-16-55)24-40(63)52(64)71)76-18-8-6-7-17-75-43-21-38-36(19-41(43)73-4)50(69)62-29-54(13-14-54)23-35(62)26-57-38/h9-12,19-22,31-32,35,40,47,52,57,71H,6-8,13-18,23-30,56H2,1-5H3,(H,58,65)(H,59,68)(H,60,67)(H,61,66)/t32-,35-,40-,47-,52-/m0/s1. The maximum atomic E-state index is 14.3. The summed E-state index contributed by atoms with van der Waals surface area (Å²) >= 11 is 0. The summed E-state index contributed by atoms with van der Waals surface area (Å²) in [4.78, 5) is 97.1. The topological polar surface area (TPSA) is 282 Å². The van der Waals surface area contributed by atoms with E-state index in [2.05, 4.69) is 26.6 Å². The summed E-state index contributed by atoms with van der Waals surface area (Å²) in [5.41, 5.74) is 8.02. The molecule has 4 heterocycles. The Kier molecular flexibility index (Phi) is 16.1. The number of hydrogen-bond donors (Lipinski definition) is 7. The van der Waals surface area contributed by atoms with Gasteiger partial charge in [-0.3, -0.25) is 28.8 Å². The van der Waals surface area contributed by atoms with E-state index >= 15 is 0 Å². The molecule has 8 N–H and O–H groups in total. The molecular weight excluding hydrogens is 995 g/mol. The number of amides is 7. The number of ether oxygens (including phenoxy) is 5. The van der Waals surface area contributed by atoms with E-state index in [1.165, 1.54) is 32.9 Å². The van der Waals surface area contributed by atoms with Crippen LogP contribution in [0.25, 0.3) is 0 Å². The highest BCUT2D eigenvalue weighted by atomic mass is 16.6. The lowest BCUT2D eigenvalue weighted by Gasteiger charge is -2.31. The van der Waals surface area contributed by atoms with Crippen molar-refractivity contribution in [2.24, 2.45) is 22.5 Å². The average Bonchev–Trinajstić information content (AvgIpc) is 4.41. The lowest BCUT2D eigenvalue weighted by Crippen LogP contribution is -2.55. The van der Waals surface area contributed by atoms with Gasteiger partial charge in [-0.1, -0.05) is 26.0 Å². The smallest absolute Gasteiger partial charge is 0.416 e. The number of carbonyl (C=O) groups excluding carboxylic acids is 7. The van der Waals surface area contributed by atoms with Crippen molar-refractivity contribution in [2.75, 3.05) is 75.7 Å². The van der Waals surface area contributed by atoms with E-state index in [1.807, 2.05) is 11.0 Å². The quantitative estimate of drug-likeness (QED) is 0.0746. The molecule has 0 unspecified atom stereocenters. The molecule has 2 aliphatic carbocycles. The third-order valence-corrected chi connectivity index (χ3v) is 15.8. The van der Waals surface area contributed by atoms with Crippen LogP contribution < -0.4 is 56.2 Å². The van der Waals surface area contributed by atoms with Gasteiger partial charge < -0.3 is 70.9 Å². The third-order valence-electron chi connectivity index (χ3n) is 15.8. The van der Waals surface area contributed by atoms with Gasteiger partial charge in [0.2, 0.25) is 23.6 Å². The van der Waals surface area contributed by atoms with Gasteiger partial charge in [-0.05, 0) is 111 Å². The largest absolute Gasteiger partial charge is 0.493 e. The van der Waals surface area contributed by atoms with E-state index in [9.17, 15) is 38.7 Å². The Bertz CT molecular complexity index is 2760. The molecule has 5 atom stereocenters. The van der Waals surface area contributed by atoms with Crippen LogP contribution in [0.15, 0.2) is 48.5 Å². The SMILES string of the molecule is COc1cc2c(cc1OCCCCCOc1cc3c(cc1OC)C(=O)N1CC4(CC4)C[C@H]1[C@H](O)N3C(=O)OCc1ccc(NC(=O)[C@H](C)NC(=O)[C@@H](NC(=O)CNC(=O)CN)C(C)C)cc1)NC[C@@H]1CC3(CC3)CN1C2=O. The van der Waals surface area contributed by atoms with Gasteiger partial charge in [0.1, 0.15) is 18.7 Å². The molecule has 3 aromatic carbocycles. The molecule has 0 radical (unpaired) electrons. The Labute approximate surface area is 447 Å². The van der Waals surface area contributed by atoms with Gasteiger partial charge in [0.15, 0.2) is 29.2 Å². The molecule has 22 nitrogen and oxygen atoms in total. The van der Waals surface area contributed by atoms with Crippen molar-refractivity contribution in [1.82, 2.24) is 25.8 Å². The molecule has 7 amide bonds. The van der Waals surface area contributed by atoms with Crippen molar-refractivity contribution in [1.29, 1.82) is 0 Å². The van der Waals surface area contributed by atoms with Crippen LogP contribution in [0.3, 0.4) is 0 Å². The maximum Gasteiger partial charge on any atom is 0.416 e. The first-order valence-electron chi connectivity index (χ1n) is 26.6. The number of unbranched alkanes of at least 4 members (excludes halogenated alkanes) is 2. The zero-order valence-corrected chi connectivity index (χ0v) is 44.4. The Hall–Kier alpha value is -7.33. The summed E-state index contributed by atoms with van der Waals surface area (Å²) in [5.74, 6) is -1.28. The van der Waals surface area contributed by atoms with E-state index in [1.54, 1.807) is 62.3 Å². The minimum Gasteiger partial charge on any atom is -0.493 e. The number of hydrogen-bond acceptors (Lipinski definition) is 15. The van der Waals surface area contributed by atoms with Crippen molar-refractivity contribution < 1.29 is 62.4 Å². The van der Waals surface area contributed by atoms with Crippen LogP contribution in [0.1, 0.15) is 105 Å². The van der Waals surface area contributed by atoms with E-state index < -0.39 is 54.1 Å². The van der Waals surface area contributed by atoms with Crippen LogP contribution in [-0.4, -0.2) is 147 Å². The van der Waals surface area contributed by atoms with E-state index in [4.69, 9.17) is 29.4 Å². The molecule has 0 bridgehead atoms. The zero-order chi connectivity index (χ0) is 54.8. The highest BCUT2D eigenvalue weighted by molar-refractivity contribution is 6.06. The summed E-state index contributed by atoms with van der Waals surface area (Å²) < 4.78 is 29.7. The van der Waals surface area contributed by atoms with Crippen molar-refractivity contribution in [3.8, 4) is 23.0 Å². The Morgan fingerprint density at radius 2 is 1.39 bits per heavy atom. The number of nitrogens with zero attached hydrogens (tertiary/aromatic N) is 3. The second-order valence-corrected chi connectivity index (χ2v) is 21.7. The fourth-order valence-corrected chi connectivity index (χ4v) is 10.9. The van der Waals surface area contributed by atoms with Crippen LogP contribution in [0, 0.1) is 16.7 Å². The first-order valence-corrected chi connectivity index (χ1v) is 26.6. The van der Waals surface area contributed by atoms with Gasteiger partial charge >= 0.3 is 6.09 Å². The number of aliphatic hydroxyl groups excluding tert-OH is 1. The summed E-state index contributed by atoms with van der Waals surface area (Å²) in [6, 6.07) is 10.7. The Morgan fingerprint density at radius 1 is 0.766 bits per heavy atom. The molecule has 22 heteroatoms. The predicted molar refractivity (Wildman–Crippen MR) is 282 cm³/mol. The Balaban J connectivity index is 0.797. The molecule has 9 rings (SSSR count). The first kappa shape index (κ1) is 54.5. The fraction of sp³-hybridized carbons (Fsp3) is 0.545. The van der Waals surface area contributed by atoms with Crippen molar-refractivity contribution in [2.45, 2.75) is 116 Å². The highest BCUT2D eigenvalue weighted by Crippen LogP contribution is 2.57. The normalized spacial score (nSPS) is 20.8. The van der Waals surface area contributed by atoms with E-state index in [0.717, 1.165) is 42.8 Å². The van der Waals surface area contributed by atoms with Gasteiger partial charge in [-0.15, -0.1) is 0 Å². The van der Waals surface area contributed by atoms with Crippen molar-refractivity contribution in [3.05, 3.63) is 65.2 Å². The summed E-state index contributed by atoms with van der Waals surface area (Å²) in [6.07, 6.45) is 5.50. The van der Waals surface area contributed by atoms with E-state index in [-0.39, 0.29) is 78.2 Å². The van der Waals surface area contributed by atoms with Crippen molar-refractivity contribution >= 4 is 58.6 Å². The van der Waals surface area contributed by atoms with Crippen LogP contribution in [0.4, 0.5) is 21.9 Å². The molecule has 77 heavy (non-hydrogen) atoms. The van der Waals surface area contributed by atoms with E-state index in [0.29, 0.717) is 72.7 Å². The molecule has 4 fully saturated rings. The summed E-state index contributed by atoms with van der Waals surface area (Å²) in [6.45, 7) is 6.70. The number of anilines is 3. The van der Waals surface area contributed by atoms with Gasteiger partial charge in [0.25, 0.3) is 11.8 Å². The van der Waals surface area contributed by atoms with Gasteiger partial charge in [-0.2, -0.15) is 0 Å². The number of nitrogens with one attached hydrogen (secondary N) is 5. The number of aliphatic hydroxyl groups is 1. The number of benzene rings is 3. The van der Waals surface area contributed by atoms with Crippen LogP contribution in [0.5, 0.6) is 23.0 Å². The number of carbonyl (C=O) groups is 7. The van der Waals surface area contributed by atoms with Crippen molar-refractivity contribution in [3.63, 3.8) is 0 Å². The molecule has 2 spiro atoms. The molecule has 414 valence electrons. The minimum absolute atomic E-state index is 0.0268. The predicted octanol–water partition coefficient (Wildman–Crippen LogP) is 3.88. The molecular formula is C55H71N9O13. The highest BCUT2D eigenvalue weighted by Gasteiger charge is 2.58. The third kappa shape index (κ3) is 12.0. The molecule has 6 aliphatic rings. The minimum atomic E-state index is -1.44. The fourth-order valence-electron chi connectivity index (χ4n) is 10.9. The maximum absolute atomic E-state index is 14.3. The molecule has 4 aliphatic heterocycles. The lowest BCUT2D eigenvalue weighted by atomic mass is 10.0. The summed E-state index contributed by atoms with van der Waals surface area (Å²) in [7, 11) is 3.04. The second-order valence-electron chi connectivity index (χ2n) is 21.7. The molecule has 3 aromatic rings. The first-order chi connectivity index (χ1) is 36.9.